The van der Waals surface area contributed by atoms with Crippen molar-refractivity contribution in [2.45, 2.75) is 77.8 Å². The van der Waals surface area contributed by atoms with Crippen molar-refractivity contribution in [1.29, 1.82) is 0 Å². The van der Waals surface area contributed by atoms with Crippen LogP contribution in [0.5, 0.6) is 0 Å². The maximum atomic E-state index is 11.0. The van der Waals surface area contributed by atoms with Crippen LogP contribution in [0.4, 0.5) is 0 Å². The highest BCUT2D eigenvalue weighted by Crippen LogP contribution is 2.54. The second-order valence-corrected chi connectivity index (χ2v) is 8.81. The zero-order chi connectivity index (χ0) is 18.3. The van der Waals surface area contributed by atoms with Crippen molar-refractivity contribution >= 4 is 0 Å². The summed E-state index contributed by atoms with van der Waals surface area (Å²) in [7, 11) is 0. The third-order valence-corrected chi connectivity index (χ3v) is 6.17. The first-order chi connectivity index (χ1) is 11.0. The lowest BCUT2D eigenvalue weighted by molar-refractivity contribution is -0.0509. The smallest absolute Gasteiger partial charge is 0.0988 e. The first-order valence-corrected chi connectivity index (χ1v) is 9.09. The first kappa shape index (κ1) is 19.6. The van der Waals surface area contributed by atoms with Crippen LogP contribution in [0.3, 0.4) is 0 Å². The molecule has 0 aromatic carbocycles. The third kappa shape index (κ3) is 3.93. The Bertz CT molecular complexity index is 504. The van der Waals surface area contributed by atoms with E-state index in [0.29, 0.717) is 6.42 Å². The van der Waals surface area contributed by atoms with Gasteiger partial charge in [0.05, 0.1) is 23.9 Å². The maximum absolute atomic E-state index is 11.0. The van der Waals surface area contributed by atoms with Crippen LogP contribution in [-0.4, -0.2) is 44.3 Å². The molecule has 138 valence electrons. The van der Waals surface area contributed by atoms with Gasteiger partial charge in [0.1, 0.15) is 0 Å². The van der Waals surface area contributed by atoms with E-state index in [1.807, 2.05) is 33.8 Å². The average Bonchev–Trinajstić information content (AvgIpc) is 2.81. The van der Waals surface area contributed by atoms with Gasteiger partial charge < -0.3 is 20.4 Å². The van der Waals surface area contributed by atoms with Gasteiger partial charge in [-0.2, -0.15) is 0 Å². The van der Waals surface area contributed by atoms with Gasteiger partial charge in [-0.3, -0.25) is 0 Å². The molecule has 0 heterocycles. The number of aliphatic hydroxyl groups excluding tert-OH is 3. The number of allylic oxidation sites excluding steroid dienone is 1. The molecule has 24 heavy (non-hydrogen) atoms. The minimum Gasteiger partial charge on any atom is -0.392 e. The molecule has 2 aliphatic carbocycles. The van der Waals surface area contributed by atoms with Gasteiger partial charge in [0.25, 0.3) is 0 Å². The number of hydrogen-bond donors (Lipinski definition) is 4. The predicted molar refractivity (Wildman–Crippen MR) is 95.3 cm³/mol. The molecule has 7 atom stereocenters. The molecule has 0 aliphatic heterocycles. The van der Waals surface area contributed by atoms with Gasteiger partial charge in [-0.1, -0.05) is 37.6 Å². The van der Waals surface area contributed by atoms with E-state index in [4.69, 9.17) is 0 Å². The summed E-state index contributed by atoms with van der Waals surface area (Å²) in [6.07, 6.45) is 5.51. The summed E-state index contributed by atoms with van der Waals surface area (Å²) < 4.78 is 0. The van der Waals surface area contributed by atoms with E-state index < -0.39 is 23.9 Å². The standard InChI is InChI=1S/C20H34O4/c1-12-10-15(21)17-14(19(3,4)24)7-9-20(17,5)8-6-13(2)18(23)16(22)11-12/h6,8,11,13-18,21-24H,7,9-10H2,1-5H3/b8-6+,12-11+/t13-,14+,15-,16-,17+,18+,20-/m0/s1. The summed E-state index contributed by atoms with van der Waals surface area (Å²) in [5, 5.41) is 42.0. The van der Waals surface area contributed by atoms with Crippen molar-refractivity contribution in [3.05, 3.63) is 23.8 Å². The Labute approximate surface area is 145 Å². The lowest BCUT2D eigenvalue weighted by Crippen LogP contribution is -2.43. The number of hydrogen-bond acceptors (Lipinski definition) is 4. The Morgan fingerprint density at radius 2 is 1.83 bits per heavy atom. The van der Waals surface area contributed by atoms with Gasteiger partial charge >= 0.3 is 0 Å². The average molecular weight is 338 g/mol. The van der Waals surface area contributed by atoms with Crippen LogP contribution in [0.1, 0.15) is 53.9 Å². The van der Waals surface area contributed by atoms with Gasteiger partial charge in [-0.05, 0) is 57.3 Å². The summed E-state index contributed by atoms with van der Waals surface area (Å²) in [4.78, 5) is 0. The van der Waals surface area contributed by atoms with Gasteiger partial charge in [0.2, 0.25) is 0 Å². The highest BCUT2D eigenvalue weighted by Gasteiger charge is 2.51. The van der Waals surface area contributed by atoms with E-state index >= 15 is 0 Å². The summed E-state index contributed by atoms with van der Waals surface area (Å²) in [6.45, 7) is 9.55. The quantitative estimate of drug-likeness (QED) is 0.554. The molecule has 4 heteroatoms. The molecule has 0 aromatic heterocycles. The molecule has 0 bridgehead atoms. The fourth-order valence-corrected chi connectivity index (χ4v) is 4.68. The summed E-state index contributed by atoms with van der Waals surface area (Å²) in [5.74, 6) is -0.226. The number of rotatable bonds is 1. The molecule has 1 saturated carbocycles. The van der Waals surface area contributed by atoms with Crippen LogP contribution in [0, 0.1) is 23.2 Å². The molecule has 2 rings (SSSR count). The second-order valence-electron chi connectivity index (χ2n) is 8.81. The molecular weight excluding hydrogens is 304 g/mol. The van der Waals surface area contributed by atoms with Crippen LogP contribution in [0.25, 0.3) is 0 Å². The van der Waals surface area contributed by atoms with Gasteiger partial charge in [0.15, 0.2) is 0 Å². The molecule has 0 saturated heterocycles. The number of aliphatic hydroxyl groups is 4. The van der Waals surface area contributed by atoms with Crippen LogP contribution in [0.15, 0.2) is 23.8 Å². The van der Waals surface area contributed by atoms with Crippen LogP contribution >= 0.6 is 0 Å². The summed E-state index contributed by atoms with van der Waals surface area (Å²) >= 11 is 0. The van der Waals surface area contributed by atoms with Crippen molar-refractivity contribution in [1.82, 2.24) is 0 Å². The molecule has 0 amide bonds. The lowest BCUT2D eigenvalue weighted by Gasteiger charge is -2.40. The Morgan fingerprint density at radius 3 is 2.42 bits per heavy atom. The van der Waals surface area contributed by atoms with Crippen molar-refractivity contribution in [3.8, 4) is 0 Å². The maximum Gasteiger partial charge on any atom is 0.0988 e. The topological polar surface area (TPSA) is 80.9 Å². The Morgan fingerprint density at radius 1 is 1.21 bits per heavy atom. The van der Waals surface area contributed by atoms with E-state index in [1.165, 1.54) is 0 Å². The number of fused-ring (bicyclic) bond motifs is 1. The minimum atomic E-state index is -0.937. The molecule has 0 radical (unpaired) electrons. The monoisotopic (exact) mass is 338 g/mol. The van der Waals surface area contributed by atoms with Crippen LogP contribution in [0.2, 0.25) is 0 Å². The van der Waals surface area contributed by atoms with Crippen LogP contribution < -0.4 is 0 Å². The molecule has 4 nitrogen and oxygen atoms in total. The summed E-state index contributed by atoms with van der Waals surface area (Å²) in [5.41, 5.74) is -0.209. The molecule has 0 spiro atoms. The Balaban J connectivity index is 2.45. The van der Waals surface area contributed by atoms with Crippen molar-refractivity contribution < 1.29 is 20.4 Å². The second kappa shape index (κ2) is 6.91. The molecule has 4 N–H and O–H groups in total. The zero-order valence-corrected chi connectivity index (χ0v) is 15.6. The molecule has 0 unspecified atom stereocenters. The van der Waals surface area contributed by atoms with Crippen molar-refractivity contribution in [3.63, 3.8) is 0 Å². The molecule has 2 aliphatic rings. The highest BCUT2D eigenvalue weighted by molar-refractivity contribution is 5.16. The van der Waals surface area contributed by atoms with Gasteiger partial charge in [-0.25, -0.2) is 0 Å². The fraction of sp³-hybridized carbons (Fsp3) is 0.800. The van der Waals surface area contributed by atoms with Crippen molar-refractivity contribution in [2.24, 2.45) is 23.2 Å². The minimum absolute atomic E-state index is 0.0147. The van der Waals surface area contributed by atoms with Gasteiger partial charge in [-0.15, -0.1) is 0 Å². The lowest BCUT2D eigenvalue weighted by atomic mass is 9.68. The largest absolute Gasteiger partial charge is 0.392 e. The van der Waals surface area contributed by atoms with E-state index in [2.05, 4.69) is 13.0 Å². The van der Waals surface area contributed by atoms with E-state index in [1.54, 1.807) is 6.08 Å². The first-order valence-electron chi connectivity index (χ1n) is 9.09. The fourth-order valence-electron chi connectivity index (χ4n) is 4.68. The molecular formula is C20H34O4. The third-order valence-electron chi connectivity index (χ3n) is 6.17. The Kier molecular flexibility index (Phi) is 5.65. The van der Waals surface area contributed by atoms with E-state index in [-0.39, 0.29) is 23.2 Å². The SMILES string of the molecule is C/C1=C\[C@H](O)[C@H](O)[C@@H](C)/C=C/[C@@]2(C)CC[C@@H](C(C)(C)O)[C@@H]2[C@@H](O)C1. The van der Waals surface area contributed by atoms with Gasteiger partial charge in [0, 0.05) is 5.92 Å². The zero-order valence-electron chi connectivity index (χ0n) is 15.6. The Hall–Kier alpha value is -0.680. The normalized spacial score (nSPS) is 48.1. The summed E-state index contributed by atoms with van der Waals surface area (Å²) in [6, 6.07) is 0. The highest BCUT2D eigenvalue weighted by atomic mass is 16.3. The van der Waals surface area contributed by atoms with Crippen molar-refractivity contribution in [2.75, 3.05) is 0 Å². The van der Waals surface area contributed by atoms with E-state index in [0.717, 1.165) is 18.4 Å². The van der Waals surface area contributed by atoms with E-state index in [9.17, 15) is 20.4 Å². The molecule has 0 aromatic rings. The predicted octanol–water partition coefficient (Wildman–Crippen LogP) is 2.41. The van der Waals surface area contributed by atoms with Crippen LogP contribution in [-0.2, 0) is 0 Å². The molecule has 1 fully saturated rings.